The summed E-state index contributed by atoms with van der Waals surface area (Å²) < 4.78 is 11.8. The van der Waals surface area contributed by atoms with Crippen LogP contribution >= 0.6 is 0 Å². The number of ketones is 1. The third kappa shape index (κ3) is 4.53. The van der Waals surface area contributed by atoms with Crippen LogP contribution in [-0.2, 0) is 14.3 Å². The molecule has 0 radical (unpaired) electrons. The Hall–Kier alpha value is -0.410. The average molecular weight is 296 g/mol. The van der Waals surface area contributed by atoms with Crippen LogP contribution in [0.25, 0.3) is 0 Å². The van der Waals surface area contributed by atoms with Crippen molar-refractivity contribution in [1.82, 2.24) is 0 Å². The van der Waals surface area contributed by atoms with E-state index in [1.54, 1.807) is 0 Å². The number of rotatable bonds is 5. The van der Waals surface area contributed by atoms with Crippen LogP contribution < -0.4 is 0 Å². The van der Waals surface area contributed by atoms with Crippen molar-refractivity contribution in [1.29, 1.82) is 0 Å². The highest BCUT2D eigenvalue weighted by Gasteiger charge is 2.47. The van der Waals surface area contributed by atoms with Crippen molar-refractivity contribution in [2.75, 3.05) is 19.8 Å². The molecule has 122 valence electrons. The predicted octanol–water partition coefficient (Wildman–Crippen LogP) is 4.14. The first-order chi connectivity index (χ1) is 10.2. The Morgan fingerprint density at radius 3 is 2.71 bits per heavy atom. The van der Waals surface area contributed by atoms with Gasteiger partial charge in [-0.1, -0.05) is 39.0 Å². The van der Waals surface area contributed by atoms with Crippen LogP contribution in [0.4, 0.5) is 0 Å². The van der Waals surface area contributed by atoms with Crippen molar-refractivity contribution in [3.05, 3.63) is 0 Å². The van der Waals surface area contributed by atoms with E-state index in [9.17, 15) is 4.79 Å². The highest BCUT2D eigenvalue weighted by atomic mass is 16.5. The van der Waals surface area contributed by atoms with E-state index in [-0.39, 0.29) is 11.5 Å². The molecule has 2 fully saturated rings. The largest absolute Gasteiger partial charge is 0.379 e. The Kier molecular flexibility index (Phi) is 6.69. The van der Waals surface area contributed by atoms with Crippen LogP contribution in [0.5, 0.6) is 0 Å². The maximum absolute atomic E-state index is 12.6. The van der Waals surface area contributed by atoms with Gasteiger partial charge in [-0.2, -0.15) is 0 Å². The lowest BCUT2D eigenvalue weighted by molar-refractivity contribution is -0.160. The van der Waals surface area contributed by atoms with Crippen LogP contribution in [0.1, 0.15) is 71.6 Å². The van der Waals surface area contributed by atoms with Gasteiger partial charge in [0.25, 0.3) is 0 Å². The molecule has 0 amide bonds. The van der Waals surface area contributed by atoms with Gasteiger partial charge in [0.2, 0.25) is 0 Å². The molecule has 2 aliphatic rings. The molecule has 0 N–H and O–H groups in total. The van der Waals surface area contributed by atoms with Crippen molar-refractivity contribution in [2.24, 2.45) is 11.8 Å². The summed E-state index contributed by atoms with van der Waals surface area (Å²) in [4.78, 5) is 12.6. The fourth-order valence-electron chi connectivity index (χ4n) is 4.27. The van der Waals surface area contributed by atoms with Crippen LogP contribution in [0, 0.1) is 11.8 Å². The summed E-state index contributed by atoms with van der Waals surface area (Å²) in [5.41, 5.74) is -0.198. The number of hydrogen-bond acceptors (Lipinski definition) is 3. The summed E-state index contributed by atoms with van der Waals surface area (Å²) in [6.45, 7) is 6.22. The van der Waals surface area contributed by atoms with E-state index in [4.69, 9.17) is 9.47 Å². The van der Waals surface area contributed by atoms with Gasteiger partial charge in [0.1, 0.15) is 5.78 Å². The maximum Gasteiger partial charge on any atom is 0.139 e. The summed E-state index contributed by atoms with van der Waals surface area (Å²) >= 11 is 0. The molecule has 3 unspecified atom stereocenters. The van der Waals surface area contributed by atoms with Crippen molar-refractivity contribution in [2.45, 2.75) is 77.2 Å². The molecular formula is C18H32O3. The Labute approximate surface area is 129 Å². The van der Waals surface area contributed by atoms with Crippen molar-refractivity contribution in [3.63, 3.8) is 0 Å². The molecule has 3 heteroatoms. The Balaban J connectivity index is 2.10. The quantitative estimate of drug-likeness (QED) is 0.715. The first kappa shape index (κ1) is 17.0. The fourth-order valence-corrected chi connectivity index (χ4v) is 4.27. The average Bonchev–Trinajstić information content (AvgIpc) is 2.54. The molecule has 3 atom stereocenters. The molecule has 3 nitrogen and oxygen atoms in total. The zero-order chi connectivity index (χ0) is 15.1. The molecule has 2 rings (SSSR count). The van der Waals surface area contributed by atoms with Gasteiger partial charge in [-0.25, -0.2) is 0 Å². The molecule has 0 aromatic heterocycles. The summed E-state index contributed by atoms with van der Waals surface area (Å²) in [6.07, 6.45) is 10.1. The standard InChI is InChI=1S/C18H32O3/c1-3-20-11-12-21-18-10-8-6-4-5-7-9-16(18)17(19)13-15(2)14-18/h15-16H,3-14H2,1-2H3. The third-order valence-corrected chi connectivity index (χ3v) is 5.18. The van der Waals surface area contributed by atoms with Gasteiger partial charge in [0, 0.05) is 18.9 Å². The van der Waals surface area contributed by atoms with Crippen molar-refractivity contribution in [3.8, 4) is 0 Å². The number of carbonyl (C=O) groups excluding carboxylic acids is 1. The molecule has 0 aromatic carbocycles. The van der Waals surface area contributed by atoms with Gasteiger partial charge in [0.05, 0.1) is 18.8 Å². The maximum atomic E-state index is 12.6. The van der Waals surface area contributed by atoms with Gasteiger partial charge >= 0.3 is 0 Å². The number of Topliss-reactive ketones (excluding diaryl/α,β-unsaturated/α-hetero) is 1. The minimum absolute atomic E-state index is 0.133. The highest BCUT2D eigenvalue weighted by molar-refractivity contribution is 5.83. The van der Waals surface area contributed by atoms with Gasteiger partial charge in [-0.3, -0.25) is 4.79 Å². The Bertz CT molecular complexity index is 328. The highest BCUT2D eigenvalue weighted by Crippen LogP contribution is 2.44. The number of ether oxygens (including phenoxy) is 2. The summed E-state index contributed by atoms with van der Waals surface area (Å²) in [5, 5.41) is 0. The van der Waals surface area contributed by atoms with E-state index in [1.807, 2.05) is 6.92 Å². The van der Waals surface area contributed by atoms with Gasteiger partial charge in [0.15, 0.2) is 0 Å². The second-order valence-corrected chi connectivity index (χ2v) is 6.95. The smallest absolute Gasteiger partial charge is 0.139 e. The third-order valence-electron chi connectivity index (χ3n) is 5.18. The van der Waals surface area contributed by atoms with Gasteiger partial charge in [-0.05, 0) is 32.1 Å². The molecule has 0 heterocycles. The van der Waals surface area contributed by atoms with Crippen molar-refractivity contribution >= 4 is 5.78 Å². The first-order valence-corrected chi connectivity index (χ1v) is 8.92. The minimum atomic E-state index is -0.198. The van der Waals surface area contributed by atoms with Crippen molar-refractivity contribution < 1.29 is 14.3 Å². The molecule has 0 saturated heterocycles. The lowest BCUT2D eigenvalue weighted by Crippen LogP contribution is -2.50. The second kappa shape index (κ2) is 8.28. The van der Waals surface area contributed by atoms with E-state index in [1.165, 1.54) is 32.1 Å². The monoisotopic (exact) mass is 296 g/mol. The number of fused-ring (bicyclic) bond motifs is 1. The van der Waals surface area contributed by atoms with Crippen LogP contribution in [0.15, 0.2) is 0 Å². The fraction of sp³-hybridized carbons (Fsp3) is 0.944. The summed E-state index contributed by atoms with van der Waals surface area (Å²) in [6, 6.07) is 0. The zero-order valence-electron chi connectivity index (χ0n) is 13.9. The molecule has 2 saturated carbocycles. The topological polar surface area (TPSA) is 35.5 Å². The van der Waals surface area contributed by atoms with E-state index < -0.39 is 0 Å². The van der Waals surface area contributed by atoms with Crippen LogP contribution in [0.2, 0.25) is 0 Å². The first-order valence-electron chi connectivity index (χ1n) is 8.92. The molecule has 0 aliphatic heterocycles. The summed E-state index contributed by atoms with van der Waals surface area (Å²) in [5.74, 6) is 1.04. The number of hydrogen-bond donors (Lipinski definition) is 0. The second-order valence-electron chi connectivity index (χ2n) is 6.95. The van der Waals surface area contributed by atoms with Gasteiger partial charge < -0.3 is 9.47 Å². The molecule has 0 spiro atoms. The van der Waals surface area contributed by atoms with E-state index in [2.05, 4.69) is 6.92 Å². The lowest BCUT2D eigenvalue weighted by Gasteiger charge is -2.45. The predicted molar refractivity (Wildman–Crippen MR) is 84.4 cm³/mol. The van der Waals surface area contributed by atoms with Crippen LogP contribution in [-0.4, -0.2) is 31.2 Å². The van der Waals surface area contributed by atoms with Crippen LogP contribution in [0.3, 0.4) is 0 Å². The molecule has 2 aliphatic carbocycles. The Morgan fingerprint density at radius 1 is 1.14 bits per heavy atom. The molecular weight excluding hydrogens is 264 g/mol. The normalized spacial score (nSPS) is 34.7. The number of carbonyl (C=O) groups is 1. The van der Waals surface area contributed by atoms with E-state index in [0.29, 0.717) is 24.9 Å². The lowest BCUT2D eigenvalue weighted by atomic mass is 9.67. The zero-order valence-corrected chi connectivity index (χ0v) is 13.9. The molecule has 0 bridgehead atoms. The minimum Gasteiger partial charge on any atom is -0.379 e. The summed E-state index contributed by atoms with van der Waals surface area (Å²) in [7, 11) is 0. The van der Waals surface area contributed by atoms with E-state index in [0.717, 1.165) is 32.3 Å². The van der Waals surface area contributed by atoms with E-state index >= 15 is 0 Å². The van der Waals surface area contributed by atoms with Gasteiger partial charge in [-0.15, -0.1) is 0 Å². The molecule has 0 aromatic rings. The SMILES string of the molecule is CCOCCOC12CCCCCCCC1C(=O)CC(C)C2. The Morgan fingerprint density at radius 2 is 1.90 bits per heavy atom. The molecule has 21 heavy (non-hydrogen) atoms.